The first-order valence-electron chi connectivity index (χ1n) is 14.6. The van der Waals surface area contributed by atoms with Gasteiger partial charge in [-0.25, -0.2) is 4.79 Å². The lowest BCUT2D eigenvalue weighted by atomic mass is 9.93. The van der Waals surface area contributed by atoms with E-state index >= 15 is 0 Å². The van der Waals surface area contributed by atoms with E-state index < -0.39 is 12.0 Å². The number of carboxylic acid groups (broad SMARTS) is 1. The van der Waals surface area contributed by atoms with E-state index in [0.717, 1.165) is 59.3 Å². The molecule has 1 amide bonds. The Morgan fingerprint density at radius 3 is 2.66 bits per heavy atom. The average Bonchev–Trinajstić information content (AvgIpc) is 3.69. The second-order valence-corrected chi connectivity index (χ2v) is 11.0. The Labute approximate surface area is 241 Å². The third-order valence-corrected chi connectivity index (χ3v) is 7.94. The van der Waals surface area contributed by atoms with Crippen molar-refractivity contribution in [2.75, 3.05) is 19.8 Å². The zero-order valence-corrected chi connectivity index (χ0v) is 23.9. The van der Waals surface area contributed by atoms with Gasteiger partial charge in [0, 0.05) is 18.6 Å². The van der Waals surface area contributed by atoms with Crippen LogP contribution in [0.2, 0.25) is 0 Å². The van der Waals surface area contributed by atoms with Crippen molar-refractivity contribution < 1.29 is 28.9 Å². The molecule has 3 aromatic carbocycles. The van der Waals surface area contributed by atoms with E-state index in [4.69, 9.17) is 14.2 Å². The monoisotopic (exact) mass is 557 g/mol. The molecule has 1 aliphatic carbocycles. The zero-order chi connectivity index (χ0) is 28.8. The SMILES string of the molecule is CCOC[C@H](OCc1ccc(C(=O)N[C@@H](CCC2CC2)C(=O)O)c(-c2ccccc2C)c1)c1ccc2c(c1)OCC2. The molecular formula is C34H39NO6. The number of fused-ring (bicyclic) bond motifs is 1. The van der Waals surface area contributed by atoms with Crippen LogP contribution in [-0.4, -0.2) is 42.8 Å². The number of carbonyl (C=O) groups is 2. The van der Waals surface area contributed by atoms with Crippen molar-refractivity contribution in [3.63, 3.8) is 0 Å². The van der Waals surface area contributed by atoms with E-state index in [1.165, 1.54) is 5.56 Å². The van der Waals surface area contributed by atoms with Crippen molar-refractivity contribution in [2.24, 2.45) is 5.92 Å². The lowest BCUT2D eigenvalue weighted by Crippen LogP contribution is -2.41. The third kappa shape index (κ3) is 7.34. The Hall–Kier alpha value is -3.68. The van der Waals surface area contributed by atoms with Crippen LogP contribution in [0.15, 0.2) is 60.7 Å². The minimum absolute atomic E-state index is 0.280. The van der Waals surface area contributed by atoms with Crippen LogP contribution in [0.1, 0.15) is 71.3 Å². The van der Waals surface area contributed by atoms with Gasteiger partial charge in [-0.2, -0.15) is 0 Å². The Balaban J connectivity index is 1.38. The number of amides is 1. The number of hydrogen-bond acceptors (Lipinski definition) is 5. The highest BCUT2D eigenvalue weighted by atomic mass is 16.5. The number of ether oxygens (including phenoxy) is 3. The fraction of sp³-hybridized carbons (Fsp3) is 0.412. The Bertz CT molecular complexity index is 1380. The molecule has 1 fully saturated rings. The minimum Gasteiger partial charge on any atom is -0.493 e. The molecule has 0 unspecified atom stereocenters. The highest BCUT2D eigenvalue weighted by Gasteiger charge is 2.27. The topological polar surface area (TPSA) is 94.1 Å². The molecule has 3 aromatic rings. The fourth-order valence-corrected chi connectivity index (χ4v) is 5.32. The van der Waals surface area contributed by atoms with Gasteiger partial charge in [0.2, 0.25) is 0 Å². The molecule has 2 N–H and O–H groups in total. The lowest BCUT2D eigenvalue weighted by Gasteiger charge is -2.20. The minimum atomic E-state index is -1.00. The Kier molecular flexibility index (Phi) is 9.37. The summed E-state index contributed by atoms with van der Waals surface area (Å²) >= 11 is 0. The van der Waals surface area contributed by atoms with Gasteiger partial charge >= 0.3 is 5.97 Å². The van der Waals surface area contributed by atoms with Crippen molar-refractivity contribution >= 4 is 11.9 Å². The Morgan fingerprint density at radius 1 is 1.07 bits per heavy atom. The number of hydrogen-bond donors (Lipinski definition) is 2. The fourth-order valence-electron chi connectivity index (χ4n) is 5.32. The summed E-state index contributed by atoms with van der Waals surface area (Å²) in [6.45, 7) is 5.98. The van der Waals surface area contributed by atoms with Crippen LogP contribution >= 0.6 is 0 Å². The van der Waals surface area contributed by atoms with Gasteiger partial charge in [-0.05, 0) is 84.2 Å². The summed E-state index contributed by atoms with van der Waals surface area (Å²) in [5, 5.41) is 12.5. The largest absolute Gasteiger partial charge is 0.493 e. The van der Waals surface area contributed by atoms with Crippen LogP contribution in [0.5, 0.6) is 5.75 Å². The summed E-state index contributed by atoms with van der Waals surface area (Å²) in [5.74, 6) is 0.109. The molecule has 7 nitrogen and oxygen atoms in total. The maximum absolute atomic E-state index is 13.5. The van der Waals surface area contributed by atoms with Crippen LogP contribution in [0.3, 0.4) is 0 Å². The van der Waals surface area contributed by atoms with E-state index in [-0.39, 0.29) is 12.0 Å². The van der Waals surface area contributed by atoms with Crippen LogP contribution < -0.4 is 10.1 Å². The summed E-state index contributed by atoms with van der Waals surface area (Å²) < 4.78 is 17.9. The molecule has 0 aromatic heterocycles. The maximum atomic E-state index is 13.5. The van der Waals surface area contributed by atoms with Crippen molar-refractivity contribution in [2.45, 2.75) is 64.7 Å². The van der Waals surface area contributed by atoms with E-state index in [1.54, 1.807) is 6.07 Å². The van der Waals surface area contributed by atoms with Crippen LogP contribution in [0, 0.1) is 12.8 Å². The number of carboxylic acids is 1. The van der Waals surface area contributed by atoms with Gasteiger partial charge in [0.15, 0.2) is 0 Å². The molecule has 0 saturated heterocycles. The summed E-state index contributed by atoms with van der Waals surface area (Å²) in [5.41, 5.74) is 6.25. The molecular weight excluding hydrogens is 518 g/mol. The maximum Gasteiger partial charge on any atom is 0.326 e. The van der Waals surface area contributed by atoms with Gasteiger partial charge in [-0.1, -0.05) is 55.3 Å². The summed E-state index contributed by atoms with van der Waals surface area (Å²) in [6.07, 6.45) is 4.18. The predicted octanol–water partition coefficient (Wildman–Crippen LogP) is 6.26. The second kappa shape index (κ2) is 13.3. The van der Waals surface area contributed by atoms with Gasteiger partial charge < -0.3 is 24.6 Å². The normalized spacial score (nSPS) is 15.6. The van der Waals surface area contributed by atoms with Gasteiger partial charge in [0.25, 0.3) is 5.91 Å². The molecule has 0 spiro atoms. The second-order valence-electron chi connectivity index (χ2n) is 11.0. The first kappa shape index (κ1) is 28.8. The predicted molar refractivity (Wildman–Crippen MR) is 157 cm³/mol. The lowest BCUT2D eigenvalue weighted by molar-refractivity contribution is -0.139. The first-order valence-corrected chi connectivity index (χ1v) is 14.6. The molecule has 7 heteroatoms. The highest BCUT2D eigenvalue weighted by Crippen LogP contribution is 2.34. The van der Waals surface area contributed by atoms with Crippen molar-refractivity contribution in [3.8, 4) is 16.9 Å². The van der Waals surface area contributed by atoms with Crippen molar-refractivity contribution in [3.05, 3.63) is 88.5 Å². The number of benzene rings is 3. The molecule has 5 rings (SSSR count). The van der Waals surface area contributed by atoms with Gasteiger partial charge in [0.1, 0.15) is 17.9 Å². The molecule has 1 saturated carbocycles. The number of nitrogens with one attached hydrogen (secondary N) is 1. The van der Waals surface area contributed by atoms with Crippen LogP contribution in [0.25, 0.3) is 11.1 Å². The molecule has 2 atom stereocenters. The quantitative estimate of drug-likeness (QED) is 0.243. The third-order valence-electron chi connectivity index (χ3n) is 7.94. The number of carbonyl (C=O) groups excluding carboxylic acids is 1. The van der Waals surface area contributed by atoms with Gasteiger partial charge in [-0.3, -0.25) is 4.79 Å². The molecule has 1 heterocycles. The van der Waals surface area contributed by atoms with Crippen LogP contribution in [-0.2, 0) is 27.3 Å². The van der Waals surface area contributed by atoms with Crippen molar-refractivity contribution in [1.82, 2.24) is 5.32 Å². The molecule has 2 aliphatic rings. The molecule has 216 valence electrons. The highest BCUT2D eigenvalue weighted by molar-refractivity contribution is 6.02. The first-order chi connectivity index (χ1) is 19.9. The van der Waals surface area contributed by atoms with Gasteiger partial charge in [-0.15, -0.1) is 0 Å². The summed E-state index contributed by atoms with van der Waals surface area (Å²) in [7, 11) is 0. The Morgan fingerprint density at radius 2 is 1.90 bits per heavy atom. The molecule has 0 bridgehead atoms. The smallest absolute Gasteiger partial charge is 0.326 e. The van der Waals surface area contributed by atoms with E-state index in [2.05, 4.69) is 17.4 Å². The van der Waals surface area contributed by atoms with Crippen molar-refractivity contribution in [1.29, 1.82) is 0 Å². The number of aryl methyl sites for hydroxylation is 1. The number of rotatable bonds is 14. The number of aliphatic carboxylic acids is 1. The van der Waals surface area contributed by atoms with E-state index in [0.29, 0.717) is 44.3 Å². The van der Waals surface area contributed by atoms with Crippen LogP contribution in [0.4, 0.5) is 0 Å². The molecule has 1 aliphatic heterocycles. The molecule has 41 heavy (non-hydrogen) atoms. The summed E-state index contributed by atoms with van der Waals surface area (Å²) in [4.78, 5) is 25.4. The van der Waals surface area contributed by atoms with E-state index in [1.807, 2.05) is 56.3 Å². The molecule has 0 radical (unpaired) electrons. The zero-order valence-electron chi connectivity index (χ0n) is 23.9. The average molecular weight is 558 g/mol. The van der Waals surface area contributed by atoms with E-state index in [9.17, 15) is 14.7 Å². The standard InChI is InChI=1S/C34H39NO6/c1-3-39-21-32(26-13-12-25-16-17-40-31(25)19-26)41-20-24-10-14-28(29(18-24)27-7-5-4-6-22(27)2)33(36)35-30(34(37)38)15-11-23-8-9-23/h4-7,10,12-14,18-19,23,30,32H,3,8-9,11,15-17,20-21H2,1-2H3,(H,35,36)(H,37,38)/t30-,32-/m0/s1. The summed E-state index contributed by atoms with van der Waals surface area (Å²) in [6, 6.07) is 18.8. The van der Waals surface area contributed by atoms with Gasteiger partial charge in [0.05, 0.1) is 19.8 Å².